The van der Waals surface area contributed by atoms with E-state index in [-0.39, 0.29) is 18.1 Å². The number of hydrogen-bond donors (Lipinski definition) is 3. The number of carboxylic acids is 1. The van der Waals surface area contributed by atoms with Gasteiger partial charge in [0.05, 0.1) is 12.2 Å². The molecule has 104 valence electrons. The summed E-state index contributed by atoms with van der Waals surface area (Å²) in [5.41, 5.74) is 6.64. The van der Waals surface area contributed by atoms with Crippen LogP contribution in [0.4, 0.5) is 0 Å². The highest BCUT2D eigenvalue weighted by Crippen LogP contribution is 2.05. The maximum atomic E-state index is 11.5. The van der Waals surface area contributed by atoms with Crippen LogP contribution in [0.5, 0.6) is 0 Å². The topological polar surface area (TPSA) is 102 Å². The van der Waals surface area contributed by atoms with Gasteiger partial charge in [0.15, 0.2) is 0 Å². The van der Waals surface area contributed by atoms with E-state index >= 15 is 0 Å². The van der Waals surface area contributed by atoms with Gasteiger partial charge in [0.1, 0.15) is 6.04 Å². The number of nitrogens with one attached hydrogen (secondary N) is 1. The van der Waals surface area contributed by atoms with Crippen LogP contribution in [-0.4, -0.2) is 43.3 Å². The lowest BCUT2D eigenvalue weighted by molar-refractivity contribution is -0.123. The number of ether oxygens (including phenoxy) is 1. The second kappa shape index (κ2) is 7.50. The van der Waals surface area contributed by atoms with Crippen LogP contribution in [0.1, 0.15) is 15.9 Å². The summed E-state index contributed by atoms with van der Waals surface area (Å²) in [6.07, 6.45) is 0.548. The molecule has 0 saturated heterocycles. The maximum absolute atomic E-state index is 11.5. The molecule has 6 nitrogen and oxygen atoms in total. The number of benzene rings is 1. The lowest BCUT2D eigenvalue weighted by Gasteiger charge is -2.11. The predicted molar refractivity (Wildman–Crippen MR) is 70.0 cm³/mol. The zero-order chi connectivity index (χ0) is 14.3. The molecule has 0 aliphatic heterocycles. The molecule has 1 rings (SSSR count). The number of carboxylic acid groups (broad SMARTS) is 1. The number of rotatable bonds is 7. The summed E-state index contributed by atoms with van der Waals surface area (Å²) in [5, 5.41) is 11.5. The molecule has 1 atom stereocenters. The van der Waals surface area contributed by atoms with Crippen LogP contribution in [0, 0.1) is 0 Å². The fourth-order valence-electron chi connectivity index (χ4n) is 1.58. The first-order valence-electron chi connectivity index (χ1n) is 5.89. The Morgan fingerprint density at radius 1 is 1.47 bits per heavy atom. The minimum atomic E-state index is -0.965. The van der Waals surface area contributed by atoms with E-state index in [1.54, 1.807) is 12.1 Å². The molecule has 6 heteroatoms. The Kier molecular flexibility index (Phi) is 5.98. The molecular formula is C13H18N2O4. The van der Waals surface area contributed by atoms with Gasteiger partial charge in [-0.3, -0.25) is 4.79 Å². The Labute approximate surface area is 111 Å². The number of hydrogen-bond acceptors (Lipinski definition) is 4. The molecule has 0 aromatic heterocycles. The fraction of sp³-hybridized carbons (Fsp3) is 0.385. The van der Waals surface area contributed by atoms with Gasteiger partial charge >= 0.3 is 5.97 Å². The lowest BCUT2D eigenvalue weighted by atomic mass is 10.1. The molecule has 0 bridgehead atoms. The summed E-state index contributed by atoms with van der Waals surface area (Å²) in [7, 11) is 1.48. The van der Waals surface area contributed by atoms with Crippen molar-refractivity contribution in [3.63, 3.8) is 0 Å². The van der Waals surface area contributed by atoms with E-state index in [0.29, 0.717) is 13.0 Å². The summed E-state index contributed by atoms with van der Waals surface area (Å²) in [6, 6.07) is 5.92. The van der Waals surface area contributed by atoms with Crippen LogP contribution in [0.3, 0.4) is 0 Å². The predicted octanol–water partition coefficient (Wildman–Crippen LogP) is 0.0172. The standard InChI is InChI=1S/C13H18N2O4/c1-19-8-11(14)12(16)15-6-5-9-3-2-4-10(7-9)13(17)18/h2-4,7,11H,5-6,8,14H2,1H3,(H,15,16)(H,17,18). The molecule has 0 spiro atoms. The van der Waals surface area contributed by atoms with E-state index in [2.05, 4.69) is 5.32 Å². The van der Waals surface area contributed by atoms with E-state index in [1.165, 1.54) is 13.2 Å². The molecule has 1 aromatic carbocycles. The molecule has 0 saturated carbocycles. The van der Waals surface area contributed by atoms with Crippen molar-refractivity contribution < 1.29 is 19.4 Å². The quantitative estimate of drug-likeness (QED) is 0.645. The largest absolute Gasteiger partial charge is 0.478 e. The summed E-state index contributed by atoms with van der Waals surface area (Å²) in [4.78, 5) is 22.3. The van der Waals surface area contributed by atoms with E-state index in [4.69, 9.17) is 15.6 Å². The van der Waals surface area contributed by atoms with E-state index in [9.17, 15) is 9.59 Å². The first-order chi connectivity index (χ1) is 9.04. The van der Waals surface area contributed by atoms with Crippen molar-refractivity contribution in [2.75, 3.05) is 20.3 Å². The van der Waals surface area contributed by atoms with Crippen LogP contribution in [0.2, 0.25) is 0 Å². The molecular weight excluding hydrogens is 248 g/mol. The van der Waals surface area contributed by atoms with Crippen molar-refractivity contribution >= 4 is 11.9 Å². The minimum Gasteiger partial charge on any atom is -0.478 e. The van der Waals surface area contributed by atoms with Crippen LogP contribution < -0.4 is 11.1 Å². The zero-order valence-electron chi connectivity index (χ0n) is 10.8. The highest BCUT2D eigenvalue weighted by Gasteiger charge is 2.12. The van der Waals surface area contributed by atoms with Gasteiger partial charge in [0.2, 0.25) is 5.91 Å². The van der Waals surface area contributed by atoms with Crippen molar-refractivity contribution in [3.8, 4) is 0 Å². The van der Waals surface area contributed by atoms with Crippen molar-refractivity contribution in [2.45, 2.75) is 12.5 Å². The van der Waals surface area contributed by atoms with Gasteiger partial charge in [0.25, 0.3) is 0 Å². The molecule has 0 aliphatic rings. The third-order valence-corrected chi connectivity index (χ3v) is 2.57. The summed E-state index contributed by atoms with van der Waals surface area (Å²) >= 11 is 0. The molecule has 0 fully saturated rings. The van der Waals surface area contributed by atoms with Crippen LogP contribution in [-0.2, 0) is 16.0 Å². The third kappa shape index (κ3) is 5.07. The fourth-order valence-corrected chi connectivity index (χ4v) is 1.58. The molecule has 1 amide bonds. The Morgan fingerprint density at radius 3 is 2.84 bits per heavy atom. The van der Waals surface area contributed by atoms with Crippen LogP contribution >= 0.6 is 0 Å². The number of nitrogens with two attached hydrogens (primary N) is 1. The van der Waals surface area contributed by atoms with Crippen molar-refractivity contribution in [2.24, 2.45) is 5.73 Å². The van der Waals surface area contributed by atoms with Gasteiger partial charge in [-0.2, -0.15) is 0 Å². The van der Waals surface area contributed by atoms with E-state index < -0.39 is 12.0 Å². The van der Waals surface area contributed by atoms with Crippen molar-refractivity contribution in [1.82, 2.24) is 5.32 Å². The zero-order valence-corrected chi connectivity index (χ0v) is 10.8. The number of carbonyl (C=O) groups is 2. The second-order valence-electron chi connectivity index (χ2n) is 4.11. The van der Waals surface area contributed by atoms with Gasteiger partial charge in [-0.1, -0.05) is 12.1 Å². The van der Waals surface area contributed by atoms with Crippen LogP contribution in [0.15, 0.2) is 24.3 Å². The molecule has 0 radical (unpaired) electrons. The molecule has 1 unspecified atom stereocenters. The van der Waals surface area contributed by atoms with Gasteiger partial charge in [-0.15, -0.1) is 0 Å². The number of methoxy groups -OCH3 is 1. The highest BCUT2D eigenvalue weighted by atomic mass is 16.5. The second-order valence-corrected chi connectivity index (χ2v) is 4.11. The average Bonchev–Trinajstić information content (AvgIpc) is 2.39. The molecule has 0 heterocycles. The minimum absolute atomic E-state index is 0.167. The Morgan fingerprint density at radius 2 is 2.21 bits per heavy atom. The smallest absolute Gasteiger partial charge is 0.335 e. The van der Waals surface area contributed by atoms with Gasteiger partial charge < -0.3 is 20.9 Å². The Bertz CT molecular complexity index is 448. The summed E-state index contributed by atoms with van der Waals surface area (Å²) in [6.45, 7) is 0.569. The molecule has 0 aliphatic carbocycles. The van der Waals surface area contributed by atoms with E-state index in [1.807, 2.05) is 6.07 Å². The molecule has 4 N–H and O–H groups in total. The van der Waals surface area contributed by atoms with Gasteiger partial charge in [-0.25, -0.2) is 4.79 Å². The van der Waals surface area contributed by atoms with E-state index in [0.717, 1.165) is 5.56 Å². The van der Waals surface area contributed by atoms with Crippen molar-refractivity contribution in [1.29, 1.82) is 0 Å². The maximum Gasteiger partial charge on any atom is 0.335 e. The highest BCUT2D eigenvalue weighted by molar-refractivity contribution is 5.87. The molecule has 19 heavy (non-hydrogen) atoms. The van der Waals surface area contributed by atoms with Gasteiger partial charge in [-0.05, 0) is 24.1 Å². The first-order valence-corrected chi connectivity index (χ1v) is 5.89. The Hall–Kier alpha value is -1.92. The summed E-state index contributed by atoms with van der Waals surface area (Å²) in [5.74, 6) is -1.25. The van der Waals surface area contributed by atoms with Crippen LogP contribution in [0.25, 0.3) is 0 Å². The monoisotopic (exact) mass is 266 g/mol. The SMILES string of the molecule is COCC(N)C(=O)NCCc1cccc(C(=O)O)c1. The number of amides is 1. The Balaban J connectivity index is 2.43. The third-order valence-electron chi connectivity index (χ3n) is 2.57. The lowest BCUT2D eigenvalue weighted by Crippen LogP contribution is -2.44. The number of carbonyl (C=O) groups excluding carboxylic acids is 1. The average molecular weight is 266 g/mol. The van der Waals surface area contributed by atoms with Crippen molar-refractivity contribution in [3.05, 3.63) is 35.4 Å². The normalized spacial score (nSPS) is 11.9. The first kappa shape index (κ1) is 15.1. The van der Waals surface area contributed by atoms with Gasteiger partial charge in [0, 0.05) is 13.7 Å². The summed E-state index contributed by atoms with van der Waals surface area (Å²) < 4.78 is 4.78. The number of aromatic carboxylic acids is 1. The molecule has 1 aromatic rings.